The van der Waals surface area contributed by atoms with E-state index < -0.39 is 0 Å². The fourth-order valence-electron chi connectivity index (χ4n) is 2.74. The number of rotatable bonds is 6. The smallest absolute Gasteiger partial charge is 0.221 e. The Labute approximate surface area is 131 Å². The lowest BCUT2D eigenvalue weighted by atomic mass is 9.74. The van der Waals surface area contributed by atoms with Crippen molar-refractivity contribution in [2.24, 2.45) is 0 Å². The highest BCUT2D eigenvalue weighted by atomic mass is 35.5. The number of nitrogens with one attached hydrogen (secondary N) is 2. The van der Waals surface area contributed by atoms with E-state index in [4.69, 9.17) is 16.3 Å². The second kappa shape index (κ2) is 7.78. The van der Waals surface area contributed by atoms with Crippen molar-refractivity contribution in [1.29, 1.82) is 0 Å². The summed E-state index contributed by atoms with van der Waals surface area (Å²) >= 11 is 6.13. The molecule has 1 amide bonds. The van der Waals surface area contributed by atoms with Gasteiger partial charge in [-0.1, -0.05) is 23.7 Å². The molecule has 116 valence electrons. The third kappa shape index (κ3) is 4.43. The number of carbonyl (C=O) groups is 1. The Morgan fingerprint density at radius 3 is 2.81 bits per heavy atom. The fraction of sp³-hybridized carbons (Fsp3) is 0.562. The van der Waals surface area contributed by atoms with Gasteiger partial charge in [0.2, 0.25) is 5.91 Å². The van der Waals surface area contributed by atoms with Gasteiger partial charge in [0.15, 0.2) is 0 Å². The maximum Gasteiger partial charge on any atom is 0.221 e. The van der Waals surface area contributed by atoms with Gasteiger partial charge in [0.1, 0.15) is 0 Å². The standard InChI is InChI=1S/C16H23ClN2O2/c1-18-8-5-15(20)19-12-16(6-9-21-10-7-16)13-3-2-4-14(17)11-13/h2-4,11,18H,5-10,12H2,1H3,(H,19,20). The van der Waals surface area contributed by atoms with Gasteiger partial charge in [0.05, 0.1) is 0 Å². The molecule has 0 aliphatic carbocycles. The first-order chi connectivity index (χ1) is 10.2. The monoisotopic (exact) mass is 310 g/mol. The van der Waals surface area contributed by atoms with Crippen LogP contribution >= 0.6 is 11.6 Å². The largest absolute Gasteiger partial charge is 0.381 e. The Balaban J connectivity index is 2.08. The maximum atomic E-state index is 11.9. The van der Waals surface area contributed by atoms with E-state index in [1.807, 2.05) is 25.2 Å². The van der Waals surface area contributed by atoms with E-state index in [-0.39, 0.29) is 11.3 Å². The highest BCUT2D eigenvalue weighted by Crippen LogP contribution is 2.35. The minimum atomic E-state index is -0.0710. The van der Waals surface area contributed by atoms with Crippen LogP contribution in [0, 0.1) is 0 Å². The average Bonchev–Trinajstić information content (AvgIpc) is 2.52. The molecule has 2 rings (SSSR count). The molecule has 1 fully saturated rings. The topological polar surface area (TPSA) is 50.4 Å². The number of halogens is 1. The second-order valence-corrected chi connectivity index (χ2v) is 5.97. The number of hydrogen-bond acceptors (Lipinski definition) is 3. The third-order valence-electron chi connectivity index (χ3n) is 4.11. The van der Waals surface area contributed by atoms with Gasteiger partial charge < -0.3 is 15.4 Å². The van der Waals surface area contributed by atoms with Crippen LogP contribution in [0.4, 0.5) is 0 Å². The first-order valence-corrected chi connectivity index (χ1v) is 7.79. The average molecular weight is 311 g/mol. The zero-order valence-electron chi connectivity index (χ0n) is 12.5. The molecular weight excluding hydrogens is 288 g/mol. The van der Waals surface area contributed by atoms with Gasteiger partial charge >= 0.3 is 0 Å². The minimum absolute atomic E-state index is 0.0710. The molecule has 0 unspecified atom stereocenters. The summed E-state index contributed by atoms with van der Waals surface area (Å²) in [6.45, 7) is 2.77. The zero-order valence-corrected chi connectivity index (χ0v) is 13.2. The Morgan fingerprint density at radius 1 is 1.38 bits per heavy atom. The molecule has 0 saturated carbocycles. The van der Waals surface area contributed by atoms with Crippen molar-refractivity contribution in [3.63, 3.8) is 0 Å². The van der Waals surface area contributed by atoms with Crippen molar-refractivity contribution in [1.82, 2.24) is 10.6 Å². The van der Waals surface area contributed by atoms with Gasteiger partial charge in [-0.25, -0.2) is 0 Å². The predicted molar refractivity (Wildman–Crippen MR) is 84.7 cm³/mol. The van der Waals surface area contributed by atoms with Crippen molar-refractivity contribution in [3.05, 3.63) is 34.9 Å². The molecule has 5 heteroatoms. The molecule has 1 saturated heterocycles. The summed E-state index contributed by atoms with van der Waals surface area (Å²) in [5.41, 5.74) is 1.12. The minimum Gasteiger partial charge on any atom is -0.381 e. The van der Waals surface area contributed by atoms with Crippen molar-refractivity contribution < 1.29 is 9.53 Å². The van der Waals surface area contributed by atoms with Crippen LogP contribution in [0.25, 0.3) is 0 Å². The zero-order chi connectivity index (χ0) is 15.1. The van der Waals surface area contributed by atoms with Crippen LogP contribution in [-0.4, -0.2) is 39.3 Å². The summed E-state index contributed by atoms with van der Waals surface area (Å²) in [6, 6.07) is 7.95. The lowest BCUT2D eigenvalue weighted by Crippen LogP contribution is -2.45. The van der Waals surface area contributed by atoms with Crippen LogP contribution in [0.15, 0.2) is 24.3 Å². The summed E-state index contributed by atoms with van der Waals surface area (Å²) in [5.74, 6) is 0.0808. The van der Waals surface area contributed by atoms with Crippen LogP contribution in [0.1, 0.15) is 24.8 Å². The molecule has 0 spiro atoms. The van der Waals surface area contributed by atoms with Crippen LogP contribution in [0.5, 0.6) is 0 Å². The van der Waals surface area contributed by atoms with E-state index in [0.29, 0.717) is 19.5 Å². The molecule has 1 aliphatic rings. The van der Waals surface area contributed by atoms with Gasteiger partial charge in [-0.2, -0.15) is 0 Å². The third-order valence-corrected chi connectivity index (χ3v) is 4.35. The Kier molecular flexibility index (Phi) is 6.03. The Morgan fingerprint density at radius 2 is 2.14 bits per heavy atom. The lowest BCUT2D eigenvalue weighted by Gasteiger charge is -2.38. The van der Waals surface area contributed by atoms with Crippen molar-refractivity contribution in [2.75, 3.05) is 33.4 Å². The number of hydrogen-bond donors (Lipinski definition) is 2. The molecule has 1 aromatic rings. The highest BCUT2D eigenvalue weighted by Gasteiger charge is 2.34. The summed E-state index contributed by atoms with van der Waals surface area (Å²) in [4.78, 5) is 11.9. The molecule has 0 bridgehead atoms. The molecule has 1 aromatic carbocycles. The molecule has 0 atom stereocenters. The van der Waals surface area contributed by atoms with Gasteiger partial charge in [0.25, 0.3) is 0 Å². The quantitative estimate of drug-likeness (QED) is 0.846. The van der Waals surface area contributed by atoms with Gasteiger partial charge in [-0.15, -0.1) is 0 Å². The number of ether oxygens (including phenoxy) is 1. The molecule has 1 aliphatic heterocycles. The fourth-order valence-corrected chi connectivity index (χ4v) is 2.93. The first kappa shape index (κ1) is 16.3. The van der Waals surface area contributed by atoms with Crippen molar-refractivity contribution in [2.45, 2.75) is 24.7 Å². The maximum absolute atomic E-state index is 11.9. The van der Waals surface area contributed by atoms with E-state index >= 15 is 0 Å². The summed E-state index contributed by atoms with van der Waals surface area (Å²) < 4.78 is 5.49. The Bertz CT molecular complexity index is 473. The number of benzene rings is 1. The second-order valence-electron chi connectivity index (χ2n) is 5.53. The summed E-state index contributed by atoms with van der Waals surface area (Å²) in [7, 11) is 1.85. The lowest BCUT2D eigenvalue weighted by molar-refractivity contribution is -0.121. The summed E-state index contributed by atoms with van der Waals surface area (Å²) in [5, 5.41) is 6.79. The molecule has 4 nitrogen and oxygen atoms in total. The number of amides is 1. The van der Waals surface area contributed by atoms with E-state index in [0.717, 1.165) is 31.1 Å². The van der Waals surface area contributed by atoms with E-state index in [1.54, 1.807) is 0 Å². The summed E-state index contributed by atoms with van der Waals surface area (Å²) in [6.07, 6.45) is 2.30. The van der Waals surface area contributed by atoms with Crippen LogP contribution in [-0.2, 0) is 14.9 Å². The van der Waals surface area contributed by atoms with E-state index in [9.17, 15) is 4.79 Å². The van der Waals surface area contributed by atoms with Crippen LogP contribution in [0.3, 0.4) is 0 Å². The molecule has 2 N–H and O–H groups in total. The van der Waals surface area contributed by atoms with Gasteiger partial charge in [-0.3, -0.25) is 4.79 Å². The molecule has 0 radical (unpaired) electrons. The predicted octanol–water partition coefficient (Wildman–Crippen LogP) is 2.11. The molecule has 1 heterocycles. The SMILES string of the molecule is CNCCC(=O)NCC1(c2cccc(Cl)c2)CCOCC1. The number of carbonyl (C=O) groups excluding carboxylic acids is 1. The van der Waals surface area contributed by atoms with Crippen molar-refractivity contribution in [3.8, 4) is 0 Å². The molecule has 21 heavy (non-hydrogen) atoms. The van der Waals surface area contributed by atoms with Crippen LogP contribution < -0.4 is 10.6 Å². The van der Waals surface area contributed by atoms with Gasteiger partial charge in [0, 0.05) is 43.2 Å². The van der Waals surface area contributed by atoms with E-state index in [2.05, 4.69) is 16.7 Å². The van der Waals surface area contributed by atoms with Crippen molar-refractivity contribution >= 4 is 17.5 Å². The molecule has 0 aromatic heterocycles. The van der Waals surface area contributed by atoms with Gasteiger partial charge in [-0.05, 0) is 37.6 Å². The molecular formula is C16H23ClN2O2. The van der Waals surface area contributed by atoms with E-state index in [1.165, 1.54) is 5.56 Å². The Hall–Kier alpha value is -1.10. The van der Waals surface area contributed by atoms with Crippen LogP contribution in [0.2, 0.25) is 5.02 Å². The normalized spacial score (nSPS) is 17.4. The first-order valence-electron chi connectivity index (χ1n) is 7.41. The highest BCUT2D eigenvalue weighted by molar-refractivity contribution is 6.30.